The molecule has 1 aromatic carbocycles. The number of nitrogens with one attached hydrogen (secondary N) is 2. The fourth-order valence-corrected chi connectivity index (χ4v) is 1.39. The molecule has 2 amide bonds. The topological polar surface area (TPSA) is 70.6 Å². The van der Waals surface area contributed by atoms with Crippen molar-refractivity contribution in [1.29, 1.82) is 0 Å². The molecule has 1 aromatic rings. The fraction of sp³-hybridized carbons (Fsp3) is 0.364. The van der Waals surface area contributed by atoms with E-state index in [0.29, 0.717) is 0 Å². The zero-order valence-electron chi connectivity index (χ0n) is 9.58. The van der Waals surface area contributed by atoms with E-state index in [4.69, 9.17) is 21.4 Å². The van der Waals surface area contributed by atoms with E-state index in [1.54, 1.807) is 0 Å². The van der Waals surface area contributed by atoms with Crippen molar-refractivity contribution in [1.82, 2.24) is 5.32 Å². The second kappa shape index (κ2) is 7.86. The smallest absolute Gasteiger partial charge is 0.319 e. The normalized spacial score (nSPS) is 10.2. The van der Waals surface area contributed by atoms with E-state index in [2.05, 4.69) is 10.6 Å². The Hall–Kier alpha value is -1.37. The van der Waals surface area contributed by atoms with Gasteiger partial charge in [0.1, 0.15) is 5.82 Å². The van der Waals surface area contributed by atoms with E-state index in [9.17, 15) is 9.18 Å². The quantitative estimate of drug-likeness (QED) is 0.691. The van der Waals surface area contributed by atoms with E-state index in [1.165, 1.54) is 18.2 Å². The molecule has 3 N–H and O–H groups in total. The Balaban J connectivity index is 2.36. The highest BCUT2D eigenvalue weighted by atomic mass is 35.5. The van der Waals surface area contributed by atoms with Crippen LogP contribution in [0.1, 0.15) is 0 Å². The third-order valence-corrected chi connectivity index (χ3v) is 2.28. The lowest BCUT2D eigenvalue weighted by molar-refractivity contribution is 0.0950. The van der Waals surface area contributed by atoms with Crippen molar-refractivity contribution in [3.63, 3.8) is 0 Å². The number of anilines is 1. The zero-order valence-corrected chi connectivity index (χ0v) is 10.3. The molecule has 0 aromatic heterocycles. The average molecular weight is 277 g/mol. The summed E-state index contributed by atoms with van der Waals surface area (Å²) in [6, 6.07) is 3.55. The maximum atomic E-state index is 13.3. The predicted octanol–water partition coefficient (Wildman–Crippen LogP) is 1.61. The summed E-state index contributed by atoms with van der Waals surface area (Å²) in [6.45, 7) is 0.649. The highest BCUT2D eigenvalue weighted by molar-refractivity contribution is 6.33. The monoisotopic (exact) mass is 276 g/mol. The molecule has 0 aliphatic carbocycles. The van der Waals surface area contributed by atoms with Gasteiger partial charge in [-0.1, -0.05) is 17.7 Å². The van der Waals surface area contributed by atoms with Crippen LogP contribution in [0.2, 0.25) is 5.02 Å². The maximum absolute atomic E-state index is 13.3. The molecule has 100 valence electrons. The Bertz CT molecular complexity index is 384. The molecule has 0 saturated heterocycles. The Morgan fingerprint density at radius 2 is 2.22 bits per heavy atom. The number of para-hydroxylation sites is 1. The molecule has 0 bridgehead atoms. The molecule has 0 unspecified atom stereocenters. The first kappa shape index (κ1) is 14.7. The number of amides is 2. The molecule has 0 aliphatic rings. The third-order valence-electron chi connectivity index (χ3n) is 1.97. The number of hydrogen-bond acceptors (Lipinski definition) is 3. The number of rotatable bonds is 6. The van der Waals surface area contributed by atoms with Gasteiger partial charge in [-0.3, -0.25) is 0 Å². The number of carbonyl (C=O) groups excluding carboxylic acids is 1. The third kappa shape index (κ3) is 4.87. The van der Waals surface area contributed by atoms with Crippen LogP contribution in [-0.2, 0) is 4.74 Å². The highest BCUT2D eigenvalue weighted by Crippen LogP contribution is 2.24. The van der Waals surface area contributed by atoms with Crippen molar-refractivity contribution in [2.45, 2.75) is 0 Å². The molecule has 1 rings (SSSR count). The lowest BCUT2D eigenvalue weighted by Crippen LogP contribution is -2.32. The van der Waals surface area contributed by atoms with Crippen LogP contribution in [0.3, 0.4) is 0 Å². The summed E-state index contributed by atoms with van der Waals surface area (Å²) in [4.78, 5) is 11.4. The van der Waals surface area contributed by atoms with Crippen LogP contribution in [0, 0.1) is 5.82 Å². The fourth-order valence-electron chi connectivity index (χ4n) is 1.18. The highest BCUT2D eigenvalue weighted by Gasteiger charge is 2.09. The molecule has 0 atom stereocenters. The standard InChI is InChI=1S/C11H14ClFN2O3/c12-8-2-1-3-9(13)10(8)15-11(17)14-4-6-18-7-5-16/h1-3,16H,4-7H2,(H2,14,15,17). The second-order valence-corrected chi connectivity index (χ2v) is 3.72. The summed E-state index contributed by atoms with van der Waals surface area (Å²) < 4.78 is 18.3. The van der Waals surface area contributed by atoms with Crippen LogP contribution in [0.5, 0.6) is 0 Å². The Morgan fingerprint density at radius 1 is 1.44 bits per heavy atom. The average Bonchev–Trinajstić information content (AvgIpc) is 2.34. The summed E-state index contributed by atoms with van der Waals surface area (Å²) in [7, 11) is 0. The zero-order chi connectivity index (χ0) is 13.4. The van der Waals surface area contributed by atoms with Gasteiger partial charge in [-0.05, 0) is 12.1 Å². The summed E-state index contributed by atoms with van der Waals surface area (Å²) in [5.74, 6) is -0.603. The Morgan fingerprint density at radius 3 is 2.89 bits per heavy atom. The van der Waals surface area contributed by atoms with Crippen molar-refractivity contribution in [3.8, 4) is 0 Å². The van der Waals surface area contributed by atoms with Crippen LogP contribution in [-0.4, -0.2) is 37.5 Å². The minimum Gasteiger partial charge on any atom is -0.394 e. The maximum Gasteiger partial charge on any atom is 0.319 e. The number of aliphatic hydroxyl groups excluding tert-OH is 1. The SMILES string of the molecule is O=C(NCCOCCO)Nc1c(F)cccc1Cl. The van der Waals surface area contributed by atoms with Crippen molar-refractivity contribution in [3.05, 3.63) is 29.0 Å². The summed E-state index contributed by atoms with van der Waals surface area (Å²) >= 11 is 5.74. The van der Waals surface area contributed by atoms with E-state index in [-0.39, 0.29) is 37.1 Å². The first-order valence-electron chi connectivity index (χ1n) is 5.32. The van der Waals surface area contributed by atoms with Gasteiger partial charge in [0.2, 0.25) is 0 Å². The molecule has 0 heterocycles. The lowest BCUT2D eigenvalue weighted by atomic mass is 10.3. The van der Waals surface area contributed by atoms with Gasteiger partial charge in [-0.25, -0.2) is 9.18 Å². The predicted molar refractivity (Wildman–Crippen MR) is 66.3 cm³/mol. The number of halogens is 2. The number of ether oxygens (including phenoxy) is 1. The molecule has 0 fully saturated rings. The number of carbonyl (C=O) groups is 1. The first-order chi connectivity index (χ1) is 8.65. The lowest BCUT2D eigenvalue weighted by Gasteiger charge is -2.09. The van der Waals surface area contributed by atoms with E-state index in [0.717, 1.165) is 0 Å². The molecule has 0 spiro atoms. The molecule has 18 heavy (non-hydrogen) atoms. The molecule has 0 saturated carbocycles. The first-order valence-corrected chi connectivity index (χ1v) is 5.70. The minimum atomic E-state index is -0.603. The summed E-state index contributed by atoms with van der Waals surface area (Å²) in [5, 5.41) is 13.3. The van der Waals surface area contributed by atoms with Gasteiger partial charge < -0.3 is 20.5 Å². The van der Waals surface area contributed by atoms with Crippen molar-refractivity contribution in [2.75, 3.05) is 31.7 Å². The molecule has 0 aliphatic heterocycles. The van der Waals surface area contributed by atoms with Crippen LogP contribution >= 0.6 is 11.6 Å². The van der Waals surface area contributed by atoms with Gasteiger partial charge in [0.15, 0.2) is 0 Å². The minimum absolute atomic E-state index is 0.0621. The summed E-state index contributed by atoms with van der Waals surface area (Å²) in [6.07, 6.45) is 0. The number of urea groups is 1. The summed E-state index contributed by atoms with van der Waals surface area (Å²) in [5.41, 5.74) is -0.0621. The van der Waals surface area contributed by atoms with E-state index in [1.807, 2.05) is 0 Å². The van der Waals surface area contributed by atoms with Gasteiger partial charge in [0.25, 0.3) is 0 Å². The van der Waals surface area contributed by atoms with Gasteiger partial charge in [-0.15, -0.1) is 0 Å². The van der Waals surface area contributed by atoms with Crippen LogP contribution < -0.4 is 10.6 Å². The van der Waals surface area contributed by atoms with Crippen LogP contribution in [0.4, 0.5) is 14.9 Å². The van der Waals surface area contributed by atoms with Gasteiger partial charge in [-0.2, -0.15) is 0 Å². The van der Waals surface area contributed by atoms with E-state index >= 15 is 0 Å². The van der Waals surface area contributed by atoms with Gasteiger partial charge in [0.05, 0.1) is 30.5 Å². The Labute approximate surface area is 109 Å². The van der Waals surface area contributed by atoms with Gasteiger partial charge >= 0.3 is 6.03 Å². The van der Waals surface area contributed by atoms with Crippen LogP contribution in [0.15, 0.2) is 18.2 Å². The second-order valence-electron chi connectivity index (χ2n) is 3.31. The largest absolute Gasteiger partial charge is 0.394 e. The number of benzene rings is 1. The van der Waals surface area contributed by atoms with Crippen molar-refractivity contribution < 1.29 is 19.0 Å². The molecule has 5 nitrogen and oxygen atoms in total. The van der Waals surface area contributed by atoms with Crippen molar-refractivity contribution >= 4 is 23.3 Å². The Kier molecular flexibility index (Phi) is 6.42. The number of aliphatic hydroxyl groups is 1. The van der Waals surface area contributed by atoms with E-state index < -0.39 is 11.8 Å². The van der Waals surface area contributed by atoms with Gasteiger partial charge in [0, 0.05) is 6.54 Å². The molecular formula is C11H14ClFN2O3. The number of hydrogen-bond donors (Lipinski definition) is 3. The van der Waals surface area contributed by atoms with Crippen LogP contribution in [0.25, 0.3) is 0 Å². The van der Waals surface area contributed by atoms with Crippen molar-refractivity contribution in [2.24, 2.45) is 0 Å². The molecular weight excluding hydrogens is 263 g/mol. The molecule has 7 heteroatoms. The molecule has 0 radical (unpaired) electrons.